The van der Waals surface area contributed by atoms with Crippen LogP contribution in [0.2, 0.25) is 0 Å². The van der Waals surface area contributed by atoms with Crippen LogP contribution >= 0.6 is 0 Å². The van der Waals surface area contributed by atoms with E-state index in [1.54, 1.807) is 0 Å². The first-order valence-electron chi connectivity index (χ1n) is 11.2. The summed E-state index contributed by atoms with van der Waals surface area (Å²) in [5.41, 5.74) is 2.69. The molecule has 2 heteroatoms. The maximum Gasteiger partial charge on any atom is -0.0188 e. The van der Waals surface area contributed by atoms with Crippen LogP contribution in [-0.4, -0.2) is 4.94 Å². The molecule has 0 fully saturated rings. The fourth-order valence-electron chi connectivity index (χ4n) is 4.19. The second-order valence-electron chi connectivity index (χ2n) is 7.76. The van der Waals surface area contributed by atoms with Crippen molar-refractivity contribution in [2.45, 2.75) is 6.42 Å². The topological polar surface area (TPSA) is 0 Å². The summed E-state index contributed by atoms with van der Waals surface area (Å²) in [5.74, 6) is 0. The van der Waals surface area contributed by atoms with Gasteiger partial charge in [-0.25, -0.2) is 0 Å². The van der Waals surface area contributed by atoms with Gasteiger partial charge in [-0.15, -0.1) is 41.3 Å². The molecule has 34 heavy (non-hydrogen) atoms. The average molecular weight is 510 g/mol. The second-order valence-corrected chi connectivity index (χ2v) is 7.76. The van der Waals surface area contributed by atoms with Crippen molar-refractivity contribution < 1.29 is 24.0 Å². The number of benzene rings is 5. The van der Waals surface area contributed by atoms with Gasteiger partial charge in [0.25, 0.3) is 0 Å². The fraction of sp³-hybridized carbons (Fsp3) is 0.0312. The molecule has 1 aliphatic rings. The van der Waals surface area contributed by atoms with E-state index in [2.05, 4.69) is 114 Å². The Kier molecular flexibility index (Phi) is 8.77. The first-order valence-corrected chi connectivity index (χ1v) is 12.6. The van der Waals surface area contributed by atoms with E-state index >= 15 is 0 Å². The van der Waals surface area contributed by atoms with Gasteiger partial charge in [-0.2, -0.15) is 77.7 Å². The number of rotatable bonds is 0. The van der Waals surface area contributed by atoms with Crippen molar-refractivity contribution in [3.05, 3.63) is 151 Å². The third-order valence-corrected chi connectivity index (χ3v) is 5.74. The van der Waals surface area contributed by atoms with Gasteiger partial charge < -0.3 is 0 Å². The number of allylic oxidation sites excluding steroid dienone is 1. The minimum absolute atomic E-state index is 1.01. The minimum Gasteiger partial charge on any atom is -0.189 e. The van der Waals surface area contributed by atoms with Gasteiger partial charge in [0.15, 0.2) is 0 Å². The molecular weight excluding hydrogens is 486 g/mol. The van der Waals surface area contributed by atoms with Crippen LogP contribution < -0.4 is 0 Å². The van der Waals surface area contributed by atoms with Gasteiger partial charge in [0.05, 0.1) is 0 Å². The molecule has 0 atom stereocenters. The maximum absolute atomic E-state index is 4.59. The average Bonchev–Trinajstić information content (AvgIpc) is 3.61. The summed E-state index contributed by atoms with van der Waals surface area (Å²) in [6.07, 6.45) is 6.48. The van der Waals surface area contributed by atoms with Gasteiger partial charge in [0.1, 0.15) is 0 Å². The van der Waals surface area contributed by atoms with E-state index in [-0.39, 0.29) is 0 Å². The molecule has 161 valence electrons. The molecule has 0 heterocycles. The molecule has 0 N–H and O–H groups in total. The zero-order valence-electron chi connectivity index (χ0n) is 18.9. The largest absolute Gasteiger partial charge is 0.189 e. The molecule has 0 amide bonds. The van der Waals surface area contributed by atoms with Gasteiger partial charge in [-0.3, -0.25) is 0 Å². The Balaban J connectivity index is 0.000000135. The summed E-state index contributed by atoms with van der Waals surface area (Å²) >= 11 is 1.05. The van der Waals surface area contributed by atoms with Gasteiger partial charge in [-0.05, 0) is 16.2 Å². The molecule has 0 nitrogen and oxygen atoms in total. The molecule has 0 unspecified atom stereocenters. The zero-order chi connectivity index (χ0) is 23.6. The molecule has 0 aliphatic heterocycles. The summed E-state index contributed by atoms with van der Waals surface area (Å²) in [7, 11) is 0. The molecule has 1 radical (unpaired) electrons. The molecular formula is C32H23BZr-3. The zero-order valence-corrected chi connectivity index (χ0v) is 21.4. The van der Waals surface area contributed by atoms with Crippen LogP contribution in [0.5, 0.6) is 0 Å². The smallest absolute Gasteiger partial charge is 0.0188 e. The van der Waals surface area contributed by atoms with Gasteiger partial charge in [0, 0.05) is 0 Å². The third-order valence-electron chi connectivity index (χ3n) is 5.74. The molecule has 7 rings (SSSR count). The van der Waals surface area contributed by atoms with Crippen molar-refractivity contribution in [2.24, 2.45) is 0 Å². The minimum atomic E-state index is 1.01. The molecule has 0 bridgehead atoms. The summed E-state index contributed by atoms with van der Waals surface area (Å²) in [6.45, 7) is 0. The fourth-order valence-corrected chi connectivity index (χ4v) is 4.19. The Labute approximate surface area is 217 Å². The molecule has 0 aromatic heterocycles. The van der Waals surface area contributed by atoms with Crippen LogP contribution in [0, 0.1) is 12.1 Å². The third kappa shape index (κ3) is 5.69. The van der Waals surface area contributed by atoms with Crippen LogP contribution in [0.1, 0.15) is 11.1 Å². The Morgan fingerprint density at radius 1 is 0.676 bits per heavy atom. The maximum atomic E-state index is 4.59. The van der Waals surface area contributed by atoms with E-state index in [4.69, 9.17) is 0 Å². The van der Waals surface area contributed by atoms with Crippen LogP contribution in [0.25, 0.3) is 32.3 Å². The standard InChI is InChI=1S/C17H11.C9H7.C6H5.B.Zr/c1-2-6-15-12(4-1)8-10-14-11-9-13-5-3-7-16(13)17(14)15;1-2-5-9-7-3-6-8(9)4-1;1-2-4-6-5-3-1;;/h1-4,6,8-11H,7H2;1-7H;1-5H;;/q3*-1;;. The molecule has 6 aromatic carbocycles. The van der Waals surface area contributed by atoms with Gasteiger partial charge in [0.2, 0.25) is 0 Å². The number of fused-ring (bicyclic) bond motifs is 6. The quantitative estimate of drug-likeness (QED) is 0.111. The van der Waals surface area contributed by atoms with E-state index < -0.39 is 0 Å². The van der Waals surface area contributed by atoms with Crippen molar-refractivity contribution in [3.63, 3.8) is 0 Å². The molecule has 1 aliphatic carbocycles. The van der Waals surface area contributed by atoms with E-state index in [0.29, 0.717) is 0 Å². The predicted molar refractivity (Wildman–Crippen MR) is 143 cm³/mol. The van der Waals surface area contributed by atoms with Crippen molar-refractivity contribution in [3.8, 4) is 0 Å². The normalized spacial score (nSPS) is 10.9. The number of hydrogen-bond donors (Lipinski definition) is 0. The SMILES string of the molecule is [B]=[Zr].[C-]1=CCc2c1ccc1ccc3ccccc3c21.[c-]1ccccc1.c1ccc2[cH-]ccc2c1. The Bertz CT molecular complexity index is 1460. The van der Waals surface area contributed by atoms with Crippen LogP contribution in [0.3, 0.4) is 0 Å². The molecule has 0 saturated carbocycles. The molecule has 0 spiro atoms. The van der Waals surface area contributed by atoms with E-state index in [1.165, 1.54) is 43.4 Å². The van der Waals surface area contributed by atoms with Gasteiger partial charge in [-0.1, -0.05) is 54.3 Å². The summed E-state index contributed by atoms with van der Waals surface area (Å²) in [5, 5.41) is 8.08. The van der Waals surface area contributed by atoms with Crippen LogP contribution in [-0.2, 0) is 30.4 Å². The first kappa shape index (κ1) is 24.1. The Morgan fingerprint density at radius 3 is 2.12 bits per heavy atom. The van der Waals surface area contributed by atoms with Crippen LogP contribution in [0.15, 0.2) is 127 Å². The first-order chi connectivity index (χ1) is 16.9. The summed E-state index contributed by atoms with van der Waals surface area (Å²) < 4.78 is 0. The Morgan fingerprint density at radius 2 is 1.38 bits per heavy atom. The van der Waals surface area contributed by atoms with Gasteiger partial charge >= 0.3 is 28.9 Å². The predicted octanol–water partition coefficient (Wildman–Crippen LogP) is 7.92. The monoisotopic (exact) mass is 508 g/mol. The van der Waals surface area contributed by atoms with Crippen molar-refractivity contribution in [2.75, 3.05) is 0 Å². The van der Waals surface area contributed by atoms with E-state index in [9.17, 15) is 0 Å². The van der Waals surface area contributed by atoms with E-state index in [1.807, 2.05) is 30.3 Å². The molecule has 0 saturated heterocycles. The van der Waals surface area contributed by atoms with Crippen molar-refractivity contribution in [1.29, 1.82) is 0 Å². The van der Waals surface area contributed by atoms with Crippen molar-refractivity contribution >= 4 is 37.3 Å². The second kappa shape index (κ2) is 12.4. The number of hydrogen-bond acceptors (Lipinski definition) is 0. The summed E-state index contributed by atoms with van der Waals surface area (Å²) in [4.78, 5) is 4.59. The van der Waals surface area contributed by atoms with Crippen molar-refractivity contribution in [1.82, 2.24) is 0 Å². The van der Waals surface area contributed by atoms with Crippen LogP contribution in [0.4, 0.5) is 0 Å². The summed E-state index contributed by atoms with van der Waals surface area (Å²) in [6, 6.07) is 44.6. The Hall–Kier alpha value is -3.08. The van der Waals surface area contributed by atoms with E-state index in [0.717, 1.165) is 30.4 Å². The molecule has 6 aromatic rings.